The fraction of sp³-hybridized carbons (Fsp3) is 0.0667. The number of aromatic nitrogens is 1. The number of carbonyl (C=O) groups excluding carboxylic acids is 1. The molecule has 4 rings (SSSR count). The van der Waals surface area contributed by atoms with Crippen LogP contribution in [0.15, 0.2) is 30.3 Å². The molecule has 0 saturated heterocycles. The number of rotatable bonds is 3. The largest absolute Gasteiger partial charge is 0.454 e. The van der Waals surface area contributed by atoms with E-state index in [1.165, 1.54) is 23.5 Å². The lowest BCUT2D eigenvalue weighted by molar-refractivity contribution is -0.384. The number of halogens is 1. The standard InChI is InChI=1S/C15H8ClN3O5S/c16-9-2-1-7(19(21)22)3-8(9)14(20)18-15-17-10-4-11-12(24-6-23-11)5-13(10)25-15/h1-5H,6H2,(H,17,18,20). The van der Waals surface area contributed by atoms with Gasteiger partial charge in [-0.1, -0.05) is 22.9 Å². The second-order valence-electron chi connectivity index (χ2n) is 5.07. The number of nitrogens with zero attached hydrogens (tertiary/aromatic N) is 2. The molecule has 0 aliphatic carbocycles. The molecule has 25 heavy (non-hydrogen) atoms. The summed E-state index contributed by atoms with van der Waals surface area (Å²) >= 11 is 7.22. The van der Waals surface area contributed by atoms with Gasteiger partial charge in [-0.25, -0.2) is 4.98 Å². The molecule has 1 N–H and O–H groups in total. The van der Waals surface area contributed by atoms with Gasteiger partial charge in [0, 0.05) is 24.3 Å². The number of nitro groups is 1. The van der Waals surface area contributed by atoms with Crippen LogP contribution in [0.3, 0.4) is 0 Å². The number of thiazole rings is 1. The van der Waals surface area contributed by atoms with E-state index in [1.54, 1.807) is 12.1 Å². The Morgan fingerprint density at radius 1 is 1.28 bits per heavy atom. The zero-order valence-corrected chi connectivity index (χ0v) is 13.9. The first-order valence-electron chi connectivity index (χ1n) is 6.97. The Morgan fingerprint density at radius 3 is 2.80 bits per heavy atom. The van der Waals surface area contributed by atoms with Crippen molar-refractivity contribution < 1.29 is 19.2 Å². The van der Waals surface area contributed by atoms with Crippen LogP contribution in [0.2, 0.25) is 5.02 Å². The van der Waals surface area contributed by atoms with Crippen LogP contribution < -0.4 is 14.8 Å². The molecule has 2 heterocycles. The monoisotopic (exact) mass is 377 g/mol. The summed E-state index contributed by atoms with van der Waals surface area (Å²) in [7, 11) is 0. The minimum atomic E-state index is -0.591. The number of hydrogen-bond donors (Lipinski definition) is 1. The van der Waals surface area contributed by atoms with Crippen LogP contribution >= 0.6 is 22.9 Å². The first kappa shape index (κ1) is 15.6. The van der Waals surface area contributed by atoms with Crippen LogP contribution in [0.5, 0.6) is 11.5 Å². The number of non-ortho nitro benzene ring substituents is 1. The lowest BCUT2D eigenvalue weighted by Gasteiger charge is -2.03. The number of carbonyl (C=O) groups is 1. The maximum absolute atomic E-state index is 12.4. The first-order chi connectivity index (χ1) is 12.0. The van der Waals surface area contributed by atoms with E-state index in [0.29, 0.717) is 22.1 Å². The molecule has 1 amide bonds. The predicted octanol–water partition coefficient (Wildman–Crippen LogP) is 3.84. The molecule has 126 valence electrons. The molecule has 0 saturated carbocycles. The Kier molecular flexibility index (Phi) is 3.66. The van der Waals surface area contributed by atoms with Gasteiger partial charge in [-0.05, 0) is 6.07 Å². The second-order valence-corrected chi connectivity index (χ2v) is 6.51. The summed E-state index contributed by atoms with van der Waals surface area (Å²) in [5.74, 6) is 0.640. The smallest absolute Gasteiger partial charge is 0.270 e. The summed E-state index contributed by atoms with van der Waals surface area (Å²) in [6.07, 6.45) is 0. The van der Waals surface area contributed by atoms with Crippen LogP contribution in [-0.4, -0.2) is 22.6 Å². The predicted molar refractivity (Wildman–Crippen MR) is 91.8 cm³/mol. The van der Waals surface area contributed by atoms with E-state index in [0.717, 1.165) is 10.8 Å². The highest BCUT2D eigenvalue weighted by atomic mass is 35.5. The van der Waals surface area contributed by atoms with Crippen molar-refractivity contribution in [2.45, 2.75) is 0 Å². The number of fused-ring (bicyclic) bond motifs is 2. The molecular formula is C15H8ClN3O5S. The zero-order chi connectivity index (χ0) is 17.6. The van der Waals surface area contributed by atoms with Crippen molar-refractivity contribution in [1.29, 1.82) is 0 Å². The molecule has 0 radical (unpaired) electrons. The van der Waals surface area contributed by atoms with E-state index >= 15 is 0 Å². The van der Waals surface area contributed by atoms with Crippen LogP contribution in [0.1, 0.15) is 10.4 Å². The van der Waals surface area contributed by atoms with Crippen molar-refractivity contribution in [3.63, 3.8) is 0 Å². The van der Waals surface area contributed by atoms with Crippen molar-refractivity contribution >= 4 is 49.9 Å². The van der Waals surface area contributed by atoms with E-state index in [9.17, 15) is 14.9 Å². The number of nitrogens with one attached hydrogen (secondary N) is 1. The van der Waals surface area contributed by atoms with Crippen LogP contribution in [-0.2, 0) is 0 Å². The summed E-state index contributed by atoms with van der Waals surface area (Å²) in [6, 6.07) is 7.18. The summed E-state index contributed by atoms with van der Waals surface area (Å²) in [5.41, 5.74) is 0.434. The van der Waals surface area contributed by atoms with E-state index in [1.807, 2.05) is 0 Å². The number of anilines is 1. The fourth-order valence-corrected chi connectivity index (χ4v) is 3.41. The number of amides is 1. The van der Waals surface area contributed by atoms with E-state index in [-0.39, 0.29) is 23.1 Å². The fourth-order valence-electron chi connectivity index (χ4n) is 2.34. The summed E-state index contributed by atoms with van der Waals surface area (Å²) in [5, 5.41) is 13.9. The van der Waals surface area contributed by atoms with E-state index < -0.39 is 10.8 Å². The van der Waals surface area contributed by atoms with Gasteiger partial charge in [0.2, 0.25) is 6.79 Å². The summed E-state index contributed by atoms with van der Waals surface area (Å²) < 4.78 is 11.4. The SMILES string of the molecule is O=C(Nc1nc2cc3c(cc2s1)OCO3)c1cc([N+](=O)[O-])ccc1Cl. The normalized spacial score (nSPS) is 12.4. The van der Waals surface area contributed by atoms with Gasteiger partial charge in [-0.2, -0.15) is 0 Å². The Morgan fingerprint density at radius 2 is 2.04 bits per heavy atom. The Hall–Kier alpha value is -2.91. The van der Waals surface area contributed by atoms with E-state index in [4.69, 9.17) is 21.1 Å². The van der Waals surface area contributed by atoms with Crippen molar-refractivity contribution in [2.75, 3.05) is 12.1 Å². The highest BCUT2D eigenvalue weighted by Gasteiger charge is 2.19. The molecule has 0 bridgehead atoms. The maximum Gasteiger partial charge on any atom is 0.270 e. The molecule has 1 aliphatic rings. The number of benzene rings is 2. The first-order valence-corrected chi connectivity index (χ1v) is 8.16. The molecule has 2 aromatic carbocycles. The molecule has 8 nitrogen and oxygen atoms in total. The van der Waals surface area contributed by atoms with Gasteiger partial charge in [0.1, 0.15) is 0 Å². The van der Waals surface area contributed by atoms with Crippen molar-refractivity contribution in [3.05, 3.63) is 51.0 Å². The third kappa shape index (κ3) is 2.83. The third-order valence-electron chi connectivity index (χ3n) is 3.51. The molecular weight excluding hydrogens is 370 g/mol. The van der Waals surface area contributed by atoms with Crippen LogP contribution in [0.25, 0.3) is 10.2 Å². The molecule has 0 fully saturated rings. The highest BCUT2D eigenvalue weighted by molar-refractivity contribution is 7.22. The Bertz CT molecular complexity index is 994. The Labute approximate surface area is 149 Å². The van der Waals surface area contributed by atoms with Crippen molar-refractivity contribution in [1.82, 2.24) is 4.98 Å². The number of hydrogen-bond acceptors (Lipinski definition) is 7. The zero-order valence-electron chi connectivity index (χ0n) is 12.3. The van der Waals surface area contributed by atoms with Crippen molar-refractivity contribution in [3.8, 4) is 11.5 Å². The highest BCUT2D eigenvalue weighted by Crippen LogP contribution is 2.39. The van der Waals surface area contributed by atoms with Gasteiger partial charge in [0.15, 0.2) is 16.6 Å². The minimum absolute atomic E-state index is 0.00397. The lowest BCUT2D eigenvalue weighted by Crippen LogP contribution is -2.12. The molecule has 0 atom stereocenters. The summed E-state index contributed by atoms with van der Waals surface area (Å²) in [4.78, 5) is 27.0. The van der Waals surface area contributed by atoms with Gasteiger partial charge >= 0.3 is 0 Å². The molecule has 10 heteroatoms. The molecule has 1 aromatic heterocycles. The number of ether oxygens (including phenoxy) is 2. The van der Waals surface area contributed by atoms with E-state index in [2.05, 4.69) is 10.3 Å². The topological polar surface area (TPSA) is 104 Å². The molecule has 1 aliphatic heterocycles. The molecule has 0 spiro atoms. The number of nitro benzene ring substituents is 1. The molecule has 3 aromatic rings. The Balaban J connectivity index is 1.64. The van der Waals surface area contributed by atoms with Gasteiger partial charge < -0.3 is 9.47 Å². The average Bonchev–Trinajstić information content (AvgIpc) is 3.17. The van der Waals surface area contributed by atoms with Gasteiger partial charge in [-0.15, -0.1) is 0 Å². The third-order valence-corrected chi connectivity index (χ3v) is 4.77. The maximum atomic E-state index is 12.4. The van der Waals surface area contributed by atoms with Gasteiger partial charge in [0.05, 0.1) is 25.7 Å². The van der Waals surface area contributed by atoms with Crippen molar-refractivity contribution in [2.24, 2.45) is 0 Å². The van der Waals surface area contributed by atoms with Gasteiger partial charge in [-0.3, -0.25) is 20.2 Å². The van der Waals surface area contributed by atoms with Crippen LogP contribution in [0, 0.1) is 10.1 Å². The minimum Gasteiger partial charge on any atom is -0.454 e. The van der Waals surface area contributed by atoms with Gasteiger partial charge in [0.25, 0.3) is 11.6 Å². The summed E-state index contributed by atoms with van der Waals surface area (Å²) in [6.45, 7) is 0.168. The lowest BCUT2D eigenvalue weighted by atomic mass is 10.2. The second kappa shape index (κ2) is 5.87. The molecule has 0 unspecified atom stereocenters. The quantitative estimate of drug-likeness (QED) is 0.549. The average molecular weight is 378 g/mol. The van der Waals surface area contributed by atoms with Crippen LogP contribution in [0.4, 0.5) is 10.8 Å².